The number of carbonyl (C=O) groups is 4. The molecule has 0 radical (unpaired) electrons. The maximum absolute atomic E-state index is 12.1. The van der Waals surface area contributed by atoms with Crippen molar-refractivity contribution in [2.45, 2.75) is 44.7 Å². The molecule has 0 saturated heterocycles. The first-order chi connectivity index (χ1) is 9.76. The van der Waals surface area contributed by atoms with E-state index in [-0.39, 0.29) is 18.6 Å². The van der Waals surface area contributed by atoms with Crippen molar-refractivity contribution in [2.75, 3.05) is 5.75 Å². The average molecular weight is 320 g/mol. The fraction of sp³-hybridized carbons (Fsp3) is 0.667. The molecule has 9 heteroatoms. The van der Waals surface area contributed by atoms with Crippen molar-refractivity contribution in [1.82, 2.24) is 4.90 Å². The summed E-state index contributed by atoms with van der Waals surface area (Å²) in [6.07, 6.45) is -0.451. The molecule has 0 spiro atoms. The number of carboxylic acid groups (broad SMARTS) is 2. The molecule has 2 atom stereocenters. The van der Waals surface area contributed by atoms with Crippen LogP contribution in [-0.4, -0.2) is 56.7 Å². The van der Waals surface area contributed by atoms with Crippen LogP contribution in [0.15, 0.2) is 0 Å². The summed E-state index contributed by atoms with van der Waals surface area (Å²) in [4.78, 5) is 46.5. The molecule has 0 heterocycles. The molecule has 0 fully saturated rings. The molecule has 2 amide bonds. The van der Waals surface area contributed by atoms with Crippen LogP contribution in [0, 0.1) is 0 Å². The van der Waals surface area contributed by atoms with Gasteiger partial charge in [-0.25, -0.2) is 4.79 Å². The Morgan fingerprint density at radius 1 is 1.19 bits per heavy atom. The van der Waals surface area contributed by atoms with Crippen molar-refractivity contribution >= 4 is 36.4 Å². The number of rotatable bonds is 9. The summed E-state index contributed by atoms with van der Waals surface area (Å²) in [7, 11) is 0. The molecule has 0 aromatic carbocycles. The lowest BCUT2D eigenvalue weighted by atomic mass is 10.1. The number of carbonyl (C=O) groups excluding carboxylic acids is 2. The summed E-state index contributed by atoms with van der Waals surface area (Å²) in [5.74, 6) is -4.26. The van der Waals surface area contributed by atoms with Gasteiger partial charge in [-0.1, -0.05) is 6.92 Å². The van der Waals surface area contributed by atoms with Crippen LogP contribution in [0.3, 0.4) is 0 Å². The van der Waals surface area contributed by atoms with Crippen LogP contribution in [0.5, 0.6) is 0 Å². The lowest BCUT2D eigenvalue weighted by Crippen LogP contribution is -2.54. The number of hydrogen-bond donors (Lipinski definition) is 4. The molecule has 0 aliphatic rings. The molecule has 0 aliphatic carbocycles. The first-order valence-corrected chi connectivity index (χ1v) is 7.06. The Kier molecular flexibility index (Phi) is 8.63. The monoisotopic (exact) mass is 320 g/mol. The van der Waals surface area contributed by atoms with Crippen molar-refractivity contribution in [2.24, 2.45) is 5.73 Å². The highest BCUT2D eigenvalue weighted by Crippen LogP contribution is 2.13. The number of amides is 2. The Morgan fingerprint density at radius 3 is 2.14 bits per heavy atom. The van der Waals surface area contributed by atoms with E-state index in [9.17, 15) is 24.3 Å². The predicted molar refractivity (Wildman–Crippen MR) is 76.9 cm³/mol. The van der Waals surface area contributed by atoms with Crippen molar-refractivity contribution < 1.29 is 29.4 Å². The van der Waals surface area contributed by atoms with Gasteiger partial charge in [0.1, 0.15) is 6.04 Å². The molecular formula is C12H20N2O6S. The second-order valence-corrected chi connectivity index (χ2v) is 4.79. The average Bonchev–Trinajstić information content (AvgIpc) is 2.41. The molecule has 0 aromatic rings. The van der Waals surface area contributed by atoms with E-state index < -0.39 is 42.3 Å². The molecule has 1 unspecified atom stereocenters. The van der Waals surface area contributed by atoms with Gasteiger partial charge in [0.05, 0.1) is 6.04 Å². The topological polar surface area (TPSA) is 138 Å². The zero-order chi connectivity index (χ0) is 16.6. The van der Waals surface area contributed by atoms with Crippen molar-refractivity contribution in [1.29, 1.82) is 0 Å². The third-order valence-electron chi connectivity index (χ3n) is 2.71. The van der Waals surface area contributed by atoms with Crippen molar-refractivity contribution in [3.8, 4) is 0 Å². The zero-order valence-corrected chi connectivity index (χ0v) is 12.6. The van der Waals surface area contributed by atoms with Crippen LogP contribution < -0.4 is 5.73 Å². The summed E-state index contributed by atoms with van der Waals surface area (Å²) in [5.41, 5.74) is 5.52. The summed E-state index contributed by atoms with van der Waals surface area (Å²) in [6.45, 7) is 1.70. The highest BCUT2D eigenvalue weighted by Gasteiger charge is 2.36. The van der Waals surface area contributed by atoms with E-state index in [4.69, 9.17) is 10.8 Å². The number of imide groups is 1. The standard InChI is InChI=1S/C12H20N2O6S/c1-2-3-9(15)14(11(18)7(13)6-21)8(12(19)20)4-5-10(16)17/h7-8,21H,2-6,13H2,1H3,(H,16,17)(H,19,20)/t7?,8-/m0/s1. The smallest absolute Gasteiger partial charge is 0.326 e. The number of thiol groups is 1. The fourth-order valence-corrected chi connectivity index (χ4v) is 1.82. The van der Waals surface area contributed by atoms with E-state index >= 15 is 0 Å². The molecule has 0 bridgehead atoms. The van der Waals surface area contributed by atoms with Gasteiger partial charge in [-0.3, -0.25) is 19.3 Å². The summed E-state index contributed by atoms with van der Waals surface area (Å²) in [5, 5.41) is 17.8. The van der Waals surface area contributed by atoms with E-state index in [0.29, 0.717) is 11.3 Å². The quantitative estimate of drug-likeness (QED) is 0.428. The van der Waals surface area contributed by atoms with Gasteiger partial charge in [0, 0.05) is 18.6 Å². The Bertz CT molecular complexity index is 415. The first kappa shape index (κ1) is 19.4. The first-order valence-electron chi connectivity index (χ1n) is 6.43. The summed E-state index contributed by atoms with van der Waals surface area (Å²) in [6, 6.07) is -2.67. The molecule has 21 heavy (non-hydrogen) atoms. The molecule has 0 aliphatic heterocycles. The van der Waals surface area contributed by atoms with Gasteiger partial charge < -0.3 is 15.9 Å². The number of nitrogens with zero attached hydrogens (tertiary/aromatic N) is 1. The van der Waals surface area contributed by atoms with Gasteiger partial charge in [-0.2, -0.15) is 12.6 Å². The molecular weight excluding hydrogens is 300 g/mol. The number of aliphatic carboxylic acids is 2. The van der Waals surface area contributed by atoms with Crippen LogP contribution in [0.2, 0.25) is 0 Å². The number of nitrogens with two attached hydrogens (primary N) is 1. The highest BCUT2D eigenvalue weighted by molar-refractivity contribution is 7.80. The molecule has 0 rings (SSSR count). The SMILES string of the molecule is CCCC(=O)N(C(=O)C(N)CS)[C@@H](CCC(=O)O)C(=O)O. The maximum atomic E-state index is 12.1. The van der Waals surface area contributed by atoms with Crippen LogP contribution in [0.4, 0.5) is 0 Å². The van der Waals surface area contributed by atoms with E-state index in [1.165, 1.54) is 0 Å². The molecule has 4 N–H and O–H groups in total. The lowest BCUT2D eigenvalue weighted by Gasteiger charge is -2.28. The van der Waals surface area contributed by atoms with Gasteiger partial charge in [0.25, 0.3) is 0 Å². The normalized spacial score (nSPS) is 13.3. The summed E-state index contributed by atoms with van der Waals surface area (Å²) >= 11 is 3.85. The van der Waals surface area contributed by atoms with Crippen LogP contribution in [-0.2, 0) is 19.2 Å². The Balaban J connectivity index is 5.38. The Morgan fingerprint density at radius 2 is 1.76 bits per heavy atom. The number of hydrogen-bond acceptors (Lipinski definition) is 6. The van der Waals surface area contributed by atoms with E-state index in [1.807, 2.05) is 0 Å². The molecule has 120 valence electrons. The van der Waals surface area contributed by atoms with Gasteiger partial charge in [0.2, 0.25) is 11.8 Å². The van der Waals surface area contributed by atoms with E-state index in [1.54, 1.807) is 6.92 Å². The third kappa shape index (κ3) is 6.13. The largest absolute Gasteiger partial charge is 0.481 e. The van der Waals surface area contributed by atoms with Crippen LogP contribution in [0.1, 0.15) is 32.6 Å². The summed E-state index contributed by atoms with van der Waals surface area (Å²) < 4.78 is 0. The minimum absolute atomic E-state index is 0.0259. The van der Waals surface area contributed by atoms with Gasteiger partial charge in [-0.15, -0.1) is 0 Å². The van der Waals surface area contributed by atoms with E-state index in [0.717, 1.165) is 0 Å². The molecule has 0 saturated carbocycles. The lowest BCUT2D eigenvalue weighted by molar-refractivity contribution is -0.159. The van der Waals surface area contributed by atoms with Gasteiger partial charge in [0.15, 0.2) is 0 Å². The van der Waals surface area contributed by atoms with Crippen LogP contribution >= 0.6 is 12.6 Å². The van der Waals surface area contributed by atoms with Crippen molar-refractivity contribution in [3.63, 3.8) is 0 Å². The minimum atomic E-state index is -1.54. The fourth-order valence-electron chi connectivity index (χ4n) is 1.66. The van der Waals surface area contributed by atoms with Gasteiger partial charge in [-0.05, 0) is 12.8 Å². The van der Waals surface area contributed by atoms with Crippen molar-refractivity contribution in [3.05, 3.63) is 0 Å². The third-order valence-corrected chi connectivity index (χ3v) is 3.11. The Labute approximate surface area is 127 Å². The maximum Gasteiger partial charge on any atom is 0.326 e. The van der Waals surface area contributed by atoms with Crippen LogP contribution in [0.25, 0.3) is 0 Å². The Hall–Kier alpha value is -1.61. The zero-order valence-electron chi connectivity index (χ0n) is 11.7. The highest BCUT2D eigenvalue weighted by atomic mass is 32.1. The minimum Gasteiger partial charge on any atom is -0.481 e. The predicted octanol–water partition coefficient (Wildman–Crippen LogP) is -0.283. The van der Waals surface area contributed by atoms with E-state index in [2.05, 4.69) is 12.6 Å². The second-order valence-electron chi connectivity index (χ2n) is 4.43. The number of carboxylic acids is 2. The molecule has 8 nitrogen and oxygen atoms in total. The molecule has 0 aromatic heterocycles. The van der Waals surface area contributed by atoms with Gasteiger partial charge >= 0.3 is 11.9 Å². The second kappa shape index (κ2) is 9.35.